The summed E-state index contributed by atoms with van der Waals surface area (Å²) in [5.41, 5.74) is 0. The van der Waals surface area contributed by atoms with Crippen LogP contribution in [-0.2, 0) is 0 Å². The van der Waals surface area contributed by atoms with Crippen LogP contribution in [0.5, 0.6) is 0 Å². The maximum atomic E-state index is 6.66. The lowest BCUT2D eigenvalue weighted by molar-refractivity contribution is 1.57. The summed E-state index contributed by atoms with van der Waals surface area (Å²) in [5.74, 6) is 0. The summed E-state index contributed by atoms with van der Waals surface area (Å²) in [6.45, 7) is 0. The quantitative estimate of drug-likeness (QED) is 0.124. The van der Waals surface area contributed by atoms with Crippen molar-refractivity contribution in [2.45, 2.75) is 0 Å². The van der Waals surface area contributed by atoms with E-state index in [1.54, 1.807) is 0 Å². The Morgan fingerprint density at radius 1 is 0.333 bits per heavy atom. The third kappa shape index (κ3) is 2.87. The molecule has 0 saturated heterocycles. The first-order valence-electron chi connectivity index (χ1n) is 5.89. The summed E-state index contributed by atoms with van der Waals surface area (Å²) >= 11 is 52.5. The van der Waals surface area contributed by atoms with Crippen molar-refractivity contribution < 1.29 is 0 Å². The predicted molar refractivity (Wildman–Crippen MR) is 122 cm³/mol. The van der Waals surface area contributed by atoms with Gasteiger partial charge in [-0.1, -0.05) is 69.6 Å². The van der Waals surface area contributed by atoms with Crippen molar-refractivity contribution >= 4 is 155 Å². The number of hydrogen-bond acceptors (Lipinski definition) is 0. The largest absolute Gasteiger partial charge is 0.0829 e. The molecule has 0 bridgehead atoms. The molecule has 3 rings (SSSR count). The summed E-state index contributed by atoms with van der Waals surface area (Å²) in [6.07, 6.45) is 0. The normalized spacial score (nSPS) is 11.8. The predicted octanol–water partition coefficient (Wildman–Crippen LogP) is 11.0. The van der Waals surface area contributed by atoms with Gasteiger partial charge in [0.2, 0.25) is 0 Å². The van der Waals surface area contributed by atoms with E-state index in [9.17, 15) is 0 Å². The van der Waals surface area contributed by atoms with Crippen molar-refractivity contribution in [2.75, 3.05) is 0 Å². The van der Waals surface area contributed by atoms with Gasteiger partial charge in [0.1, 0.15) is 0 Å². The topological polar surface area (TPSA) is 0 Å². The smallest absolute Gasteiger partial charge is 0.0800 e. The van der Waals surface area contributed by atoms with Crippen molar-refractivity contribution in [3.63, 3.8) is 0 Å². The van der Waals surface area contributed by atoms with E-state index in [-0.39, 0.29) is 20.1 Å². The Balaban J connectivity index is 2.82. The fourth-order valence-corrected chi connectivity index (χ4v) is 6.97. The highest BCUT2D eigenvalue weighted by Gasteiger charge is 2.26. The zero-order valence-corrected chi connectivity index (χ0v) is 21.7. The molecule has 0 unspecified atom stereocenters. The standard InChI is InChI=1S/C14Br4Cl6/c15-5-1-2(6(16)8(18)7(5)17)10(20)4-3(9(1)19)11(21)13(23)14(24)12(4)22. The zero-order valence-electron chi connectivity index (χ0n) is 10.8. The van der Waals surface area contributed by atoms with Crippen LogP contribution in [0.3, 0.4) is 0 Å². The van der Waals surface area contributed by atoms with Gasteiger partial charge in [0.05, 0.1) is 30.1 Å². The Morgan fingerprint density at radius 3 is 0.917 bits per heavy atom. The minimum absolute atomic E-state index is 0.125. The number of halogens is 10. The molecular formula is C14Br4Cl6. The number of rotatable bonds is 0. The van der Waals surface area contributed by atoms with Crippen LogP contribution in [0, 0.1) is 0 Å². The van der Waals surface area contributed by atoms with Crippen LogP contribution in [0.25, 0.3) is 21.5 Å². The van der Waals surface area contributed by atoms with Crippen molar-refractivity contribution in [2.24, 2.45) is 0 Å². The van der Waals surface area contributed by atoms with Crippen molar-refractivity contribution in [3.8, 4) is 0 Å². The van der Waals surface area contributed by atoms with Gasteiger partial charge in [-0.2, -0.15) is 0 Å². The molecular weight excluding hydrogens is 700 g/mol. The van der Waals surface area contributed by atoms with E-state index < -0.39 is 0 Å². The van der Waals surface area contributed by atoms with Gasteiger partial charge < -0.3 is 0 Å². The molecule has 0 aliphatic heterocycles. The van der Waals surface area contributed by atoms with Crippen LogP contribution >= 0.6 is 133 Å². The fourth-order valence-electron chi connectivity index (χ4n) is 2.34. The van der Waals surface area contributed by atoms with Gasteiger partial charge in [0, 0.05) is 39.4 Å². The SMILES string of the molecule is Clc1c(Cl)c(Cl)c2c(Cl)c3c(Br)c(Br)c(Br)c(Br)c3c(Cl)c2c1Cl. The first kappa shape index (κ1) is 20.6. The maximum absolute atomic E-state index is 6.66. The monoisotopic (exact) mass is 693 g/mol. The Hall–Kier alpha value is 1.84. The van der Waals surface area contributed by atoms with Gasteiger partial charge in [0.25, 0.3) is 0 Å². The second kappa shape index (κ2) is 7.35. The molecule has 0 amide bonds. The van der Waals surface area contributed by atoms with Crippen LogP contribution < -0.4 is 0 Å². The lowest BCUT2D eigenvalue weighted by Gasteiger charge is -2.18. The minimum atomic E-state index is 0.125. The molecule has 0 saturated carbocycles. The summed E-state index contributed by atoms with van der Waals surface area (Å²) in [7, 11) is 0. The van der Waals surface area contributed by atoms with E-state index in [4.69, 9.17) is 69.6 Å². The molecule has 0 aromatic heterocycles. The van der Waals surface area contributed by atoms with E-state index in [0.29, 0.717) is 40.5 Å². The third-order valence-corrected chi connectivity index (χ3v) is 10.7. The van der Waals surface area contributed by atoms with E-state index >= 15 is 0 Å². The van der Waals surface area contributed by atoms with Gasteiger partial charge in [0.15, 0.2) is 0 Å². The molecule has 0 nitrogen and oxygen atoms in total. The molecule has 24 heavy (non-hydrogen) atoms. The summed E-state index contributed by atoms with van der Waals surface area (Å²) in [5, 5.41) is 3.55. The highest BCUT2D eigenvalue weighted by molar-refractivity contribution is 9.15. The van der Waals surface area contributed by atoms with Gasteiger partial charge in [-0.15, -0.1) is 0 Å². The molecule has 0 aliphatic rings. The lowest BCUT2D eigenvalue weighted by Crippen LogP contribution is -1.91. The third-order valence-electron chi connectivity index (χ3n) is 3.41. The number of hydrogen-bond donors (Lipinski definition) is 0. The Morgan fingerprint density at radius 2 is 0.625 bits per heavy atom. The highest BCUT2D eigenvalue weighted by Crippen LogP contribution is 2.55. The van der Waals surface area contributed by atoms with Crippen LogP contribution in [0.15, 0.2) is 17.9 Å². The lowest BCUT2D eigenvalue weighted by atomic mass is 10.0. The average molecular weight is 700 g/mol. The highest BCUT2D eigenvalue weighted by atomic mass is 79.9. The second-order valence-electron chi connectivity index (χ2n) is 4.64. The average Bonchev–Trinajstić information content (AvgIpc) is 2.55. The van der Waals surface area contributed by atoms with Crippen molar-refractivity contribution in [1.29, 1.82) is 0 Å². The fraction of sp³-hybridized carbons (Fsp3) is 0. The van der Waals surface area contributed by atoms with E-state index in [0.717, 1.165) is 8.95 Å². The number of benzene rings is 3. The number of fused-ring (bicyclic) bond motifs is 2. The van der Waals surface area contributed by atoms with Gasteiger partial charge >= 0.3 is 0 Å². The molecule has 0 spiro atoms. The van der Waals surface area contributed by atoms with Crippen LogP contribution in [0.2, 0.25) is 30.1 Å². The molecule has 10 heteroatoms. The molecule has 0 aliphatic carbocycles. The van der Waals surface area contributed by atoms with Crippen LogP contribution in [0.4, 0.5) is 0 Å². The molecule has 3 aromatic carbocycles. The second-order valence-corrected chi connectivity index (χ2v) is 10.1. The molecule has 3 aromatic rings. The van der Waals surface area contributed by atoms with E-state index in [1.165, 1.54) is 0 Å². The maximum Gasteiger partial charge on any atom is 0.0800 e. The Labute approximate surface area is 200 Å². The van der Waals surface area contributed by atoms with E-state index in [1.807, 2.05) is 0 Å². The van der Waals surface area contributed by atoms with Crippen LogP contribution in [0.1, 0.15) is 0 Å². The summed E-state index contributed by atoms with van der Waals surface area (Å²) < 4.78 is 2.95. The Kier molecular flexibility index (Phi) is 6.30. The summed E-state index contributed by atoms with van der Waals surface area (Å²) in [6, 6.07) is 0. The minimum Gasteiger partial charge on any atom is -0.0829 e. The Bertz CT molecular complexity index is 899. The van der Waals surface area contributed by atoms with Gasteiger partial charge in [-0.25, -0.2) is 0 Å². The molecule has 0 fully saturated rings. The molecule has 0 atom stereocenters. The van der Waals surface area contributed by atoms with E-state index in [2.05, 4.69) is 63.7 Å². The molecule has 0 heterocycles. The molecule has 0 radical (unpaired) electrons. The summed E-state index contributed by atoms with van der Waals surface area (Å²) in [4.78, 5) is 0. The molecule has 126 valence electrons. The van der Waals surface area contributed by atoms with Crippen LogP contribution in [-0.4, -0.2) is 0 Å². The first-order valence-corrected chi connectivity index (χ1v) is 11.3. The molecule has 0 N–H and O–H groups in total. The van der Waals surface area contributed by atoms with Crippen molar-refractivity contribution in [3.05, 3.63) is 48.0 Å². The first-order chi connectivity index (χ1) is 11.1. The zero-order chi connectivity index (χ0) is 18.1. The van der Waals surface area contributed by atoms with Crippen molar-refractivity contribution in [1.82, 2.24) is 0 Å². The van der Waals surface area contributed by atoms with Gasteiger partial charge in [-0.05, 0) is 63.7 Å². The van der Waals surface area contributed by atoms with Gasteiger partial charge in [-0.3, -0.25) is 0 Å².